The fourth-order valence-electron chi connectivity index (χ4n) is 1.74. The van der Waals surface area contributed by atoms with E-state index < -0.39 is 5.82 Å². The molecule has 1 heterocycles. The summed E-state index contributed by atoms with van der Waals surface area (Å²) in [6.07, 6.45) is 5.36. The van der Waals surface area contributed by atoms with Crippen molar-refractivity contribution in [1.29, 1.82) is 0 Å². The predicted molar refractivity (Wildman–Crippen MR) is 77.8 cm³/mol. The summed E-state index contributed by atoms with van der Waals surface area (Å²) in [6, 6.07) is 4.04. The SMILES string of the molecule is NCC#Cc1cc(F)ccc1NC(=O)CCn1ccnc1. The third kappa shape index (κ3) is 4.44. The summed E-state index contributed by atoms with van der Waals surface area (Å²) in [7, 11) is 0. The second-order valence-electron chi connectivity index (χ2n) is 4.29. The highest BCUT2D eigenvalue weighted by Gasteiger charge is 2.07. The first-order valence-corrected chi connectivity index (χ1v) is 6.43. The molecule has 0 bridgehead atoms. The third-order valence-corrected chi connectivity index (χ3v) is 2.74. The molecule has 0 spiro atoms. The molecule has 0 aliphatic rings. The van der Waals surface area contributed by atoms with Crippen molar-refractivity contribution in [1.82, 2.24) is 9.55 Å². The van der Waals surface area contributed by atoms with Crippen molar-refractivity contribution in [2.24, 2.45) is 5.73 Å². The van der Waals surface area contributed by atoms with Crippen molar-refractivity contribution in [2.45, 2.75) is 13.0 Å². The molecular formula is C15H15FN4O. The van der Waals surface area contributed by atoms with Crippen LogP contribution in [0.4, 0.5) is 10.1 Å². The number of amides is 1. The van der Waals surface area contributed by atoms with Gasteiger partial charge in [-0.15, -0.1) is 0 Å². The van der Waals surface area contributed by atoms with Crippen molar-refractivity contribution < 1.29 is 9.18 Å². The number of anilines is 1. The molecule has 0 saturated carbocycles. The van der Waals surface area contributed by atoms with Crippen LogP contribution in [-0.4, -0.2) is 22.0 Å². The zero-order valence-electron chi connectivity index (χ0n) is 11.3. The summed E-state index contributed by atoms with van der Waals surface area (Å²) < 4.78 is 15.0. The number of nitrogens with two attached hydrogens (primary N) is 1. The molecule has 1 amide bonds. The first-order chi connectivity index (χ1) is 10.2. The van der Waals surface area contributed by atoms with Crippen LogP contribution in [0.15, 0.2) is 36.9 Å². The van der Waals surface area contributed by atoms with Gasteiger partial charge in [-0.05, 0) is 18.2 Å². The van der Waals surface area contributed by atoms with Gasteiger partial charge in [-0.25, -0.2) is 9.37 Å². The molecule has 0 fully saturated rings. The minimum absolute atomic E-state index is 0.171. The molecule has 0 aliphatic heterocycles. The van der Waals surface area contributed by atoms with Gasteiger partial charge in [-0.2, -0.15) is 0 Å². The van der Waals surface area contributed by atoms with Crippen molar-refractivity contribution in [3.63, 3.8) is 0 Å². The molecule has 21 heavy (non-hydrogen) atoms. The number of hydrogen-bond donors (Lipinski definition) is 2. The van der Waals surface area contributed by atoms with E-state index >= 15 is 0 Å². The molecular weight excluding hydrogens is 271 g/mol. The first-order valence-electron chi connectivity index (χ1n) is 6.43. The lowest BCUT2D eigenvalue weighted by molar-refractivity contribution is -0.116. The minimum Gasteiger partial charge on any atom is -0.337 e. The Morgan fingerprint density at radius 2 is 2.33 bits per heavy atom. The van der Waals surface area contributed by atoms with Crippen LogP contribution in [-0.2, 0) is 11.3 Å². The van der Waals surface area contributed by atoms with Crippen LogP contribution in [0.1, 0.15) is 12.0 Å². The van der Waals surface area contributed by atoms with Crippen LogP contribution in [0.25, 0.3) is 0 Å². The van der Waals surface area contributed by atoms with Crippen LogP contribution >= 0.6 is 0 Å². The molecule has 2 aromatic rings. The summed E-state index contributed by atoms with van der Waals surface area (Å²) in [5, 5.41) is 2.73. The third-order valence-electron chi connectivity index (χ3n) is 2.74. The maximum atomic E-state index is 13.2. The number of aryl methyl sites for hydroxylation is 1. The van der Waals surface area contributed by atoms with Gasteiger partial charge >= 0.3 is 0 Å². The summed E-state index contributed by atoms with van der Waals surface area (Å²) in [5.41, 5.74) is 6.20. The number of rotatable bonds is 4. The number of carbonyl (C=O) groups excluding carboxylic acids is 1. The van der Waals surface area contributed by atoms with Gasteiger partial charge in [-0.3, -0.25) is 4.79 Å². The molecule has 108 valence electrons. The topological polar surface area (TPSA) is 72.9 Å². The summed E-state index contributed by atoms with van der Waals surface area (Å²) in [4.78, 5) is 15.8. The summed E-state index contributed by atoms with van der Waals surface area (Å²) in [5.74, 6) is 4.81. The van der Waals surface area contributed by atoms with Gasteiger partial charge < -0.3 is 15.6 Å². The standard InChI is InChI=1S/C15H15FN4O/c16-13-3-4-14(12(10-13)2-1-6-17)19-15(21)5-8-20-9-7-18-11-20/h3-4,7,9-11H,5-6,8,17H2,(H,19,21). The molecule has 1 aromatic heterocycles. The largest absolute Gasteiger partial charge is 0.337 e. The van der Waals surface area contributed by atoms with Gasteiger partial charge in [0.2, 0.25) is 5.91 Å². The Balaban J connectivity index is 2.02. The highest BCUT2D eigenvalue weighted by atomic mass is 19.1. The molecule has 0 radical (unpaired) electrons. The van der Waals surface area contributed by atoms with Crippen molar-refractivity contribution in [3.05, 3.63) is 48.3 Å². The molecule has 0 aliphatic carbocycles. The smallest absolute Gasteiger partial charge is 0.226 e. The first kappa shape index (κ1) is 14.8. The number of nitrogens with zero attached hydrogens (tertiary/aromatic N) is 2. The number of benzene rings is 1. The number of nitrogens with one attached hydrogen (secondary N) is 1. The van der Waals surface area contributed by atoms with Crippen LogP contribution < -0.4 is 11.1 Å². The van der Waals surface area contributed by atoms with Crippen LogP contribution in [0.2, 0.25) is 0 Å². The lowest BCUT2D eigenvalue weighted by atomic mass is 10.1. The van der Waals surface area contributed by atoms with Crippen LogP contribution in [0.3, 0.4) is 0 Å². The highest BCUT2D eigenvalue weighted by molar-refractivity contribution is 5.92. The maximum Gasteiger partial charge on any atom is 0.226 e. The molecule has 0 saturated heterocycles. The fraction of sp³-hybridized carbons (Fsp3) is 0.200. The number of halogens is 1. The Labute approximate surface area is 122 Å². The van der Waals surface area contributed by atoms with Gasteiger partial charge in [-0.1, -0.05) is 11.8 Å². The average molecular weight is 286 g/mol. The molecule has 2 rings (SSSR count). The molecule has 5 nitrogen and oxygen atoms in total. The number of carbonyl (C=O) groups is 1. The lowest BCUT2D eigenvalue weighted by Gasteiger charge is -2.08. The van der Waals surface area contributed by atoms with Crippen LogP contribution in [0.5, 0.6) is 0 Å². The average Bonchev–Trinajstić information content (AvgIpc) is 2.98. The van der Waals surface area contributed by atoms with E-state index in [2.05, 4.69) is 22.1 Å². The minimum atomic E-state index is -0.410. The molecule has 6 heteroatoms. The zero-order chi connectivity index (χ0) is 15.1. The van der Waals surface area contributed by atoms with E-state index in [1.165, 1.54) is 18.2 Å². The lowest BCUT2D eigenvalue weighted by Crippen LogP contribution is -2.15. The summed E-state index contributed by atoms with van der Waals surface area (Å²) in [6.45, 7) is 0.696. The van der Waals surface area contributed by atoms with Crippen molar-refractivity contribution >= 4 is 11.6 Å². The number of hydrogen-bond acceptors (Lipinski definition) is 3. The Bertz CT molecular complexity index is 671. The van der Waals surface area contributed by atoms with E-state index in [1.807, 2.05) is 0 Å². The van der Waals surface area contributed by atoms with E-state index in [1.54, 1.807) is 23.3 Å². The maximum absolute atomic E-state index is 13.2. The molecule has 1 aromatic carbocycles. The van der Waals surface area contributed by atoms with Crippen LogP contribution in [0, 0.1) is 17.7 Å². The number of aromatic nitrogens is 2. The second-order valence-corrected chi connectivity index (χ2v) is 4.29. The van der Waals surface area contributed by atoms with Gasteiger partial charge in [0.15, 0.2) is 0 Å². The molecule has 0 atom stereocenters. The summed E-state index contributed by atoms with van der Waals surface area (Å²) >= 11 is 0. The van der Waals surface area contributed by atoms with Gasteiger partial charge in [0, 0.05) is 25.4 Å². The Morgan fingerprint density at radius 1 is 1.48 bits per heavy atom. The molecule has 3 N–H and O–H groups in total. The number of imidazole rings is 1. The Hall–Kier alpha value is -2.65. The van der Waals surface area contributed by atoms with E-state index in [0.717, 1.165) is 0 Å². The Kier molecular flexibility index (Phi) is 5.07. The fourth-order valence-corrected chi connectivity index (χ4v) is 1.74. The van der Waals surface area contributed by atoms with Crippen molar-refractivity contribution in [3.8, 4) is 11.8 Å². The van der Waals surface area contributed by atoms with Crippen molar-refractivity contribution in [2.75, 3.05) is 11.9 Å². The van der Waals surface area contributed by atoms with E-state index in [-0.39, 0.29) is 18.9 Å². The van der Waals surface area contributed by atoms with E-state index in [0.29, 0.717) is 17.8 Å². The highest BCUT2D eigenvalue weighted by Crippen LogP contribution is 2.16. The van der Waals surface area contributed by atoms with Gasteiger partial charge in [0.1, 0.15) is 5.82 Å². The van der Waals surface area contributed by atoms with Gasteiger partial charge in [0.05, 0.1) is 24.1 Å². The van der Waals surface area contributed by atoms with Gasteiger partial charge in [0.25, 0.3) is 0 Å². The normalized spacial score (nSPS) is 9.81. The Morgan fingerprint density at radius 3 is 3.05 bits per heavy atom. The quantitative estimate of drug-likeness (QED) is 0.834. The van der Waals surface area contributed by atoms with E-state index in [4.69, 9.17) is 5.73 Å². The van der Waals surface area contributed by atoms with E-state index in [9.17, 15) is 9.18 Å². The predicted octanol–water partition coefficient (Wildman–Crippen LogP) is 1.36. The monoisotopic (exact) mass is 286 g/mol. The molecule has 0 unspecified atom stereocenters. The second kappa shape index (κ2) is 7.22. The zero-order valence-corrected chi connectivity index (χ0v) is 11.3.